The van der Waals surface area contributed by atoms with Crippen LogP contribution >= 0.6 is 0 Å². The van der Waals surface area contributed by atoms with Crippen LogP contribution in [0.4, 0.5) is 0 Å². The number of guanidine groups is 1. The zero-order valence-electron chi connectivity index (χ0n) is 18.3. The second-order valence-corrected chi connectivity index (χ2v) is 8.53. The number of nitrogens with two attached hydrogens (primary N) is 2. The smallest absolute Gasteiger partial charge is 0.237 e. The fourth-order valence-electron chi connectivity index (χ4n) is 3.22. The summed E-state index contributed by atoms with van der Waals surface area (Å²) in [4.78, 5) is 16.8. The summed E-state index contributed by atoms with van der Waals surface area (Å²) in [7, 11) is 0. The number of nitrogens with one attached hydrogen (secondary N) is 2. The van der Waals surface area contributed by atoms with Gasteiger partial charge in [0.05, 0.1) is 6.04 Å². The summed E-state index contributed by atoms with van der Waals surface area (Å²) < 4.78 is 0. The van der Waals surface area contributed by atoms with Gasteiger partial charge >= 0.3 is 0 Å². The van der Waals surface area contributed by atoms with Crippen molar-refractivity contribution < 1.29 is 4.79 Å². The topological polar surface area (TPSA) is 106 Å². The van der Waals surface area contributed by atoms with E-state index in [-0.39, 0.29) is 23.4 Å². The van der Waals surface area contributed by atoms with Crippen molar-refractivity contribution in [2.75, 3.05) is 6.54 Å². The van der Waals surface area contributed by atoms with Crippen molar-refractivity contribution in [3.63, 3.8) is 0 Å². The molecule has 2 rings (SSSR count). The summed E-state index contributed by atoms with van der Waals surface area (Å²) in [6, 6.07) is 18.3. The lowest BCUT2D eigenvalue weighted by atomic mass is 10.0. The third-order valence-electron chi connectivity index (χ3n) is 4.65. The van der Waals surface area contributed by atoms with Crippen LogP contribution in [0.5, 0.6) is 0 Å². The lowest BCUT2D eigenvalue weighted by molar-refractivity contribution is -0.124. The van der Waals surface area contributed by atoms with Gasteiger partial charge in [0.15, 0.2) is 5.96 Å². The average Bonchev–Trinajstić information content (AvgIpc) is 2.71. The minimum Gasteiger partial charge on any atom is -0.370 e. The van der Waals surface area contributed by atoms with Crippen molar-refractivity contribution in [1.29, 1.82) is 0 Å². The summed E-state index contributed by atoms with van der Waals surface area (Å²) in [5.41, 5.74) is 14.0. The van der Waals surface area contributed by atoms with Gasteiger partial charge in [-0.05, 0) is 56.7 Å². The Bertz CT molecular complexity index is 806. The van der Waals surface area contributed by atoms with Crippen LogP contribution in [0.2, 0.25) is 0 Å². The van der Waals surface area contributed by atoms with Crippen molar-refractivity contribution in [2.45, 2.75) is 58.2 Å². The van der Waals surface area contributed by atoms with Gasteiger partial charge in [-0.1, -0.05) is 54.6 Å². The van der Waals surface area contributed by atoms with Crippen LogP contribution in [0.15, 0.2) is 59.6 Å². The highest BCUT2D eigenvalue weighted by atomic mass is 16.2. The summed E-state index contributed by atoms with van der Waals surface area (Å²) in [5, 5.41) is 6.50. The molecule has 0 radical (unpaired) electrons. The van der Waals surface area contributed by atoms with Gasteiger partial charge in [-0.25, -0.2) is 0 Å². The van der Waals surface area contributed by atoms with Crippen LogP contribution in [0.25, 0.3) is 11.1 Å². The molecule has 0 spiro atoms. The van der Waals surface area contributed by atoms with Crippen LogP contribution in [0, 0.1) is 0 Å². The molecule has 6 N–H and O–H groups in total. The normalized spacial score (nSPS) is 12.2. The predicted octanol–water partition coefficient (Wildman–Crippen LogP) is 3.17. The minimum atomic E-state index is -0.257. The van der Waals surface area contributed by atoms with Crippen molar-refractivity contribution in [3.05, 3.63) is 60.2 Å². The highest BCUT2D eigenvalue weighted by Crippen LogP contribution is 2.19. The maximum Gasteiger partial charge on any atom is 0.237 e. The molecule has 1 atom stereocenters. The van der Waals surface area contributed by atoms with Crippen molar-refractivity contribution in [3.8, 4) is 11.1 Å². The Kier molecular flexibility index (Phi) is 8.87. The molecule has 0 aliphatic heterocycles. The Balaban J connectivity index is 1.89. The molecule has 162 valence electrons. The highest BCUT2D eigenvalue weighted by Gasteiger charge is 2.23. The minimum absolute atomic E-state index is 0.0129. The van der Waals surface area contributed by atoms with Crippen LogP contribution in [0.3, 0.4) is 0 Å². The molecular weight excluding hydrogens is 374 g/mol. The third kappa shape index (κ3) is 8.66. The zero-order chi connectivity index (χ0) is 22.0. The average molecular weight is 410 g/mol. The Hall–Kier alpha value is -2.86. The van der Waals surface area contributed by atoms with E-state index in [1.807, 2.05) is 18.2 Å². The first-order valence-electron chi connectivity index (χ1n) is 10.5. The Morgan fingerprint density at radius 1 is 0.967 bits per heavy atom. The third-order valence-corrected chi connectivity index (χ3v) is 4.65. The number of amides is 1. The number of aliphatic imine (C=N–C) groups is 1. The number of nitrogens with zero attached hydrogens (tertiary/aromatic N) is 1. The molecule has 0 aliphatic rings. The van der Waals surface area contributed by atoms with E-state index in [9.17, 15) is 4.79 Å². The molecule has 2 aromatic carbocycles. The summed E-state index contributed by atoms with van der Waals surface area (Å²) in [6.45, 7) is 7.28. The van der Waals surface area contributed by atoms with Crippen LogP contribution < -0.4 is 22.1 Å². The molecular formula is C24H35N5O. The van der Waals surface area contributed by atoms with E-state index in [0.717, 1.165) is 24.8 Å². The molecule has 1 amide bonds. The summed E-state index contributed by atoms with van der Waals surface area (Å²) in [5.74, 6) is 0.120. The second-order valence-electron chi connectivity index (χ2n) is 8.53. The van der Waals surface area contributed by atoms with Gasteiger partial charge in [0.25, 0.3) is 0 Å². The Morgan fingerprint density at radius 2 is 1.60 bits per heavy atom. The monoisotopic (exact) mass is 409 g/mol. The molecule has 6 heteroatoms. The van der Waals surface area contributed by atoms with Gasteiger partial charge in [-0.15, -0.1) is 0 Å². The molecule has 0 unspecified atom stereocenters. The molecule has 0 heterocycles. The summed E-state index contributed by atoms with van der Waals surface area (Å²) >= 11 is 0. The van der Waals surface area contributed by atoms with Crippen molar-refractivity contribution in [1.82, 2.24) is 10.6 Å². The van der Waals surface area contributed by atoms with E-state index in [0.29, 0.717) is 13.1 Å². The van der Waals surface area contributed by atoms with E-state index in [1.165, 1.54) is 11.1 Å². The summed E-state index contributed by atoms with van der Waals surface area (Å²) in [6.07, 6.45) is 2.44. The molecule has 0 aromatic heterocycles. The highest BCUT2D eigenvalue weighted by molar-refractivity contribution is 5.81. The molecule has 0 bridgehead atoms. The van der Waals surface area contributed by atoms with E-state index in [2.05, 4.69) is 72.8 Å². The number of carbonyl (C=O) groups is 1. The number of hydrogen-bond acceptors (Lipinski definition) is 3. The van der Waals surface area contributed by atoms with Gasteiger partial charge in [0.1, 0.15) is 0 Å². The molecule has 0 saturated carbocycles. The van der Waals surface area contributed by atoms with Gasteiger partial charge in [-0.2, -0.15) is 0 Å². The van der Waals surface area contributed by atoms with Gasteiger partial charge < -0.3 is 22.1 Å². The molecule has 0 saturated heterocycles. The Labute approximate surface area is 180 Å². The fraction of sp³-hybridized carbons (Fsp3) is 0.417. The van der Waals surface area contributed by atoms with Crippen LogP contribution in [-0.4, -0.2) is 30.0 Å². The maximum atomic E-state index is 12.8. The quantitative estimate of drug-likeness (QED) is 0.275. The predicted molar refractivity (Wildman–Crippen MR) is 125 cm³/mol. The molecule has 0 aliphatic carbocycles. The van der Waals surface area contributed by atoms with Crippen LogP contribution in [-0.2, 0) is 11.3 Å². The lowest BCUT2D eigenvalue weighted by Crippen LogP contribution is -2.51. The molecule has 2 aromatic rings. The van der Waals surface area contributed by atoms with E-state index >= 15 is 0 Å². The standard InChI is InChI=1S/C24H35N5O/c1-24(2,3)29-21(11-7-8-16-27-23(25)26)22(30)28-17-18-12-14-20(15-13-18)19-9-5-4-6-10-19/h4-6,9-10,12-15,21,29H,7-8,11,16-17H2,1-3H3,(H,28,30)(H4,25,26,27)/t21-/m1/s1. The fourth-order valence-corrected chi connectivity index (χ4v) is 3.22. The number of rotatable bonds is 10. The Morgan fingerprint density at radius 3 is 2.20 bits per heavy atom. The SMILES string of the molecule is CC(C)(C)N[C@H](CCCCN=C(N)N)C(=O)NCc1ccc(-c2ccccc2)cc1. The molecule has 30 heavy (non-hydrogen) atoms. The van der Waals surface area contributed by atoms with Gasteiger partial charge in [0.2, 0.25) is 5.91 Å². The van der Waals surface area contributed by atoms with E-state index in [4.69, 9.17) is 11.5 Å². The van der Waals surface area contributed by atoms with E-state index in [1.54, 1.807) is 0 Å². The van der Waals surface area contributed by atoms with Crippen LogP contribution in [0.1, 0.15) is 45.6 Å². The van der Waals surface area contributed by atoms with Crippen molar-refractivity contribution in [2.24, 2.45) is 16.5 Å². The van der Waals surface area contributed by atoms with Gasteiger partial charge in [-0.3, -0.25) is 9.79 Å². The first-order chi connectivity index (χ1) is 14.2. The zero-order valence-corrected chi connectivity index (χ0v) is 18.3. The number of hydrogen-bond donors (Lipinski definition) is 4. The number of benzene rings is 2. The lowest BCUT2D eigenvalue weighted by Gasteiger charge is -2.28. The molecule has 0 fully saturated rings. The van der Waals surface area contributed by atoms with Crippen molar-refractivity contribution >= 4 is 11.9 Å². The number of carbonyl (C=O) groups excluding carboxylic acids is 1. The largest absolute Gasteiger partial charge is 0.370 e. The van der Waals surface area contributed by atoms with E-state index < -0.39 is 0 Å². The molecule has 6 nitrogen and oxygen atoms in total. The second kappa shape index (κ2) is 11.4. The first-order valence-corrected chi connectivity index (χ1v) is 10.5. The maximum absolute atomic E-state index is 12.8. The van der Waals surface area contributed by atoms with Gasteiger partial charge in [0, 0.05) is 18.6 Å². The number of unbranched alkanes of at least 4 members (excludes halogenated alkanes) is 1. The first kappa shape index (κ1) is 23.4.